The van der Waals surface area contributed by atoms with Gasteiger partial charge in [-0.3, -0.25) is 24.0 Å². The van der Waals surface area contributed by atoms with Crippen molar-refractivity contribution in [3.63, 3.8) is 0 Å². The molecule has 4 N–H and O–H groups in total. The monoisotopic (exact) mass is 1020 g/mol. The summed E-state index contributed by atoms with van der Waals surface area (Å²) >= 11 is 0. The molecule has 1 atom stereocenters. The van der Waals surface area contributed by atoms with Gasteiger partial charge in [0.1, 0.15) is 11.9 Å². The maximum Gasteiger partial charge on any atom is 0.305 e. The number of carbonyl (C=O) groups is 4. The first-order valence-corrected chi connectivity index (χ1v) is 25.0. The number of ether oxygens (including phenoxy) is 10. The van der Waals surface area contributed by atoms with Crippen LogP contribution in [0.1, 0.15) is 61.9 Å². The van der Waals surface area contributed by atoms with E-state index < -0.39 is 12.0 Å². The number of carboxylic acid groups (broad SMARTS) is 1. The number of nitrogens with zero attached hydrogens (tertiary/aromatic N) is 3. The van der Waals surface area contributed by atoms with Gasteiger partial charge in [0.05, 0.1) is 151 Å². The second kappa shape index (κ2) is 36.9. The molecule has 21 heteroatoms. The van der Waals surface area contributed by atoms with Gasteiger partial charge in [-0.15, -0.1) is 0 Å². The van der Waals surface area contributed by atoms with Gasteiger partial charge in [0.2, 0.25) is 5.91 Å². The summed E-state index contributed by atoms with van der Waals surface area (Å²) in [5.74, 6) is -1.18. The standard InChI is InChI=1S/C51H77N5O16/c1-3-15-56(72-4-2)51(61)44-37-43-12-11-42(38-45(43)54-47(52)39-44)40-7-9-41(10-8-40)50(60)55-16-5-6-46(55)49(59)53-14-18-63-20-22-65-24-26-67-28-30-69-32-34-71-36-35-70-33-31-68-29-27-66-25-23-64-21-19-62-17-13-48(57)58/h7-12,37-38,46H,3-6,13-36,39H2,1-2H3,(H2,52,54)(H,53,59)(H,57,58)/t46-/m0/s1. The molecule has 0 saturated carbocycles. The van der Waals surface area contributed by atoms with Gasteiger partial charge in [0.15, 0.2) is 0 Å². The summed E-state index contributed by atoms with van der Waals surface area (Å²) in [7, 11) is 0. The number of benzene rings is 2. The number of amides is 3. The van der Waals surface area contributed by atoms with Crippen molar-refractivity contribution in [1.82, 2.24) is 15.3 Å². The predicted molar refractivity (Wildman–Crippen MR) is 267 cm³/mol. The molecule has 1 saturated heterocycles. The number of carboxylic acids is 1. The highest BCUT2D eigenvalue weighted by Crippen LogP contribution is 2.32. The van der Waals surface area contributed by atoms with Gasteiger partial charge in [-0.05, 0) is 61.6 Å². The Labute approximate surface area is 423 Å². The van der Waals surface area contributed by atoms with Crippen LogP contribution >= 0.6 is 0 Å². The number of aliphatic imine (C=N–C) groups is 1. The third-order valence-electron chi connectivity index (χ3n) is 10.8. The summed E-state index contributed by atoms with van der Waals surface area (Å²) in [6.07, 6.45) is 4.09. The zero-order valence-electron chi connectivity index (χ0n) is 42.2. The van der Waals surface area contributed by atoms with E-state index in [1.165, 1.54) is 5.06 Å². The molecule has 2 aromatic rings. The Balaban J connectivity index is 0.950. The van der Waals surface area contributed by atoms with Crippen molar-refractivity contribution in [3.05, 3.63) is 59.2 Å². The number of aliphatic carboxylic acids is 1. The van der Waals surface area contributed by atoms with Crippen molar-refractivity contribution >= 4 is 41.3 Å². The van der Waals surface area contributed by atoms with Crippen LogP contribution in [0.4, 0.5) is 5.69 Å². The molecule has 1 fully saturated rings. The van der Waals surface area contributed by atoms with Gasteiger partial charge in [0.25, 0.3) is 11.8 Å². The molecule has 0 bridgehead atoms. The number of amidine groups is 1. The topological polar surface area (TPSA) is 247 Å². The molecule has 0 radical (unpaired) electrons. The number of likely N-dealkylation sites (tertiary alicyclic amines) is 1. The van der Waals surface area contributed by atoms with E-state index in [0.29, 0.717) is 181 Å². The quantitative estimate of drug-likeness (QED) is 0.0635. The number of nitrogens with two attached hydrogens (primary N) is 1. The highest BCUT2D eigenvalue weighted by atomic mass is 16.7. The molecular formula is C51H77N5O16. The van der Waals surface area contributed by atoms with Gasteiger partial charge in [0, 0.05) is 42.8 Å². The molecule has 0 unspecified atom stereocenters. The molecule has 21 nitrogen and oxygen atoms in total. The fraction of sp³-hybridized carbons (Fsp3) is 0.627. The number of hydrogen-bond acceptors (Lipinski definition) is 17. The molecule has 2 aromatic carbocycles. The van der Waals surface area contributed by atoms with Gasteiger partial charge in [-0.1, -0.05) is 31.2 Å². The fourth-order valence-corrected chi connectivity index (χ4v) is 7.31. The van der Waals surface area contributed by atoms with Crippen LogP contribution in [0.3, 0.4) is 0 Å². The summed E-state index contributed by atoms with van der Waals surface area (Å²) in [6, 6.07) is 12.5. The Bertz CT molecular complexity index is 1930. The van der Waals surface area contributed by atoms with Gasteiger partial charge < -0.3 is 68.4 Å². The predicted octanol–water partition coefficient (Wildman–Crippen LogP) is 3.68. The fourth-order valence-electron chi connectivity index (χ4n) is 7.31. The molecule has 0 aliphatic carbocycles. The first kappa shape index (κ1) is 59.7. The molecule has 402 valence electrons. The largest absolute Gasteiger partial charge is 0.481 e. The van der Waals surface area contributed by atoms with Crippen LogP contribution in [0.5, 0.6) is 0 Å². The van der Waals surface area contributed by atoms with E-state index in [9.17, 15) is 19.2 Å². The van der Waals surface area contributed by atoms with Crippen molar-refractivity contribution in [2.75, 3.05) is 158 Å². The molecule has 2 aliphatic rings. The van der Waals surface area contributed by atoms with Crippen LogP contribution < -0.4 is 11.1 Å². The normalized spacial score (nSPS) is 14.4. The first-order chi connectivity index (χ1) is 35.2. The van der Waals surface area contributed by atoms with Crippen LogP contribution in [0.25, 0.3) is 17.2 Å². The maximum atomic E-state index is 13.6. The summed E-state index contributed by atoms with van der Waals surface area (Å²) in [5, 5.41) is 12.8. The Morgan fingerprint density at radius 2 is 1.17 bits per heavy atom. The van der Waals surface area contributed by atoms with E-state index >= 15 is 0 Å². The smallest absolute Gasteiger partial charge is 0.305 e. The van der Waals surface area contributed by atoms with Crippen molar-refractivity contribution < 1.29 is 76.5 Å². The third-order valence-corrected chi connectivity index (χ3v) is 10.8. The van der Waals surface area contributed by atoms with E-state index in [1.807, 2.05) is 50.3 Å². The number of fused-ring (bicyclic) bond motifs is 1. The van der Waals surface area contributed by atoms with Crippen molar-refractivity contribution in [2.45, 2.75) is 52.0 Å². The van der Waals surface area contributed by atoms with Crippen LogP contribution in [-0.2, 0) is 66.6 Å². The highest BCUT2D eigenvalue weighted by molar-refractivity contribution is 6.05. The summed E-state index contributed by atoms with van der Waals surface area (Å²) in [5.41, 5.74) is 10.4. The second-order valence-corrected chi connectivity index (χ2v) is 16.3. The lowest BCUT2D eigenvalue weighted by Gasteiger charge is -2.24. The van der Waals surface area contributed by atoms with Gasteiger partial charge >= 0.3 is 5.97 Å². The first-order valence-electron chi connectivity index (χ1n) is 25.0. The number of rotatable bonds is 41. The molecular weight excluding hydrogens is 939 g/mol. The molecule has 0 spiro atoms. The van der Waals surface area contributed by atoms with Gasteiger partial charge in [-0.2, -0.15) is 0 Å². The maximum absolute atomic E-state index is 13.6. The van der Waals surface area contributed by atoms with Crippen molar-refractivity contribution in [1.29, 1.82) is 0 Å². The van der Waals surface area contributed by atoms with Crippen molar-refractivity contribution in [3.8, 4) is 11.1 Å². The molecule has 4 rings (SSSR count). The molecule has 3 amide bonds. The summed E-state index contributed by atoms with van der Waals surface area (Å²) < 4.78 is 54.5. The van der Waals surface area contributed by atoms with E-state index in [0.717, 1.165) is 29.5 Å². The summed E-state index contributed by atoms with van der Waals surface area (Å²) in [6.45, 7) is 13.7. The summed E-state index contributed by atoms with van der Waals surface area (Å²) in [4.78, 5) is 62.2. The Morgan fingerprint density at radius 1 is 0.681 bits per heavy atom. The molecule has 2 heterocycles. The van der Waals surface area contributed by atoms with Crippen molar-refractivity contribution in [2.24, 2.45) is 10.7 Å². The number of hydroxylamine groups is 2. The van der Waals surface area contributed by atoms with Crippen LogP contribution in [0.15, 0.2) is 53.0 Å². The molecule has 0 aromatic heterocycles. The lowest BCUT2D eigenvalue weighted by Crippen LogP contribution is -2.46. The van der Waals surface area contributed by atoms with E-state index in [4.69, 9.17) is 63.0 Å². The Morgan fingerprint density at radius 3 is 1.65 bits per heavy atom. The average Bonchev–Trinajstić information content (AvgIpc) is 3.81. The lowest BCUT2D eigenvalue weighted by atomic mass is 9.99. The molecule has 2 aliphatic heterocycles. The van der Waals surface area contributed by atoms with E-state index in [2.05, 4.69) is 10.3 Å². The minimum absolute atomic E-state index is 0.0155. The zero-order chi connectivity index (χ0) is 51.4. The minimum Gasteiger partial charge on any atom is -0.481 e. The van der Waals surface area contributed by atoms with Crippen LogP contribution in [-0.4, -0.2) is 209 Å². The van der Waals surface area contributed by atoms with E-state index in [-0.39, 0.29) is 37.2 Å². The van der Waals surface area contributed by atoms with Gasteiger partial charge in [-0.25, -0.2) is 10.1 Å². The number of carbonyl (C=O) groups excluding carboxylic acids is 3. The van der Waals surface area contributed by atoms with Crippen LogP contribution in [0, 0.1) is 0 Å². The Kier molecular flexibility index (Phi) is 30.6. The van der Waals surface area contributed by atoms with Crippen LogP contribution in [0.2, 0.25) is 0 Å². The lowest BCUT2D eigenvalue weighted by molar-refractivity contribution is -0.180. The number of hydrogen-bond donors (Lipinski definition) is 3. The second-order valence-electron chi connectivity index (χ2n) is 16.3. The number of nitrogens with one attached hydrogen (secondary N) is 1. The highest BCUT2D eigenvalue weighted by Gasteiger charge is 2.34. The third kappa shape index (κ3) is 23.8. The Hall–Kier alpha value is -4.91. The minimum atomic E-state index is -0.884. The zero-order valence-corrected chi connectivity index (χ0v) is 42.2. The average molecular weight is 1020 g/mol. The SMILES string of the molecule is CCCN(OCC)C(=O)C1=Cc2ccc(-c3ccc(C(=O)N4CCC[C@H]4C(=O)NCCOCCOCCOCCOCCOCCOCCOCCOCCOCCOCCC(=O)O)cc3)cc2N=C(N)C1. The van der Waals surface area contributed by atoms with E-state index in [1.54, 1.807) is 17.0 Å². The molecule has 72 heavy (non-hydrogen) atoms.